The molecule has 1 aliphatic heterocycles. The van der Waals surface area contributed by atoms with Crippen molar-refractivity contribution in [2.45, 2.75) is 18.4 Å². The van der Waals surface area contributed by atoms with E-state index >= 15 is 0 Å². The first-order valence-corrected chi connectivity index (χ1v) is 7.00. The van der Waals surface area contributed by atoms with Crippen molar-refractivity contribution in [2.75, 3.05) is 13.1 Å². The molecule has 1 saturated heterocycles. The predicted octanol–water partition coefficient (Wildman–Crippen LogP) is 2.07. The van der Waals surface area contributed by atoms with Gasteiger partial charge in [-0.05, 0) is 38.1 Å². The zero-order chi connectivity index (χ0) is 13.3. The van der Waals surface area contributed by atoms with Gasteiger partial charge >= 0.3 is 0 Å². The highest BCUT2D eigenvalue weighted by atomic mass is 79.9. The lowest BCUT2D eigenvalue weighted by atomic mass is 9.92. The molecular formula is C13H14BrN3O2. The normalized spacial score (nSPS) is 18.4. The minimum absolute atomic E-state index is 0.305. The first-order chi connectivity index (χ1) is 9.19. The number of hydrogen-bond donors (Lipinski definition) is 2. The Labute approximate surface area is 119 Å². The first-order valence-electron chi connectivity index (χ1n) is 6.21. The molecular weight excluding hydrogens is 310 g/mol. The van der Waals surface area contributed by atoms with Crippen molar-refractivity contribution in [2.24, 2.45) is 0 Å². The van der Waals surface area contributed by atoms with Gasteiger partial charge in [-0.1, -0.05) is 33.2 Å². The van der Waals surface area contributed by atoms with Crippen molar-refractivity contribution in [3.63, 3.8) is 0 Å². The van der Waals surface area contributed by atoms with Gasteiger partial charge in [0.1, 0.15) is 5.60 Å². The molecule has 19 heavy (non-hydrogen) atoms. The monoisotopic (exact) mass is 323 g/mol. The molecule has 5 nitrogen and oxygen atoms in total. The molecule has 0 bridgehead atoms. The number of nitrogens with zero attached hydrogens (tertiary/aromatic N) is 2. The van der Waals surface area contributed by atoms with Gasteiger partial charge in [-0.25, -0.2) is 0 Å². The molecule has 6 heteroatoms. The van der Waals surface area contributed by atoms with E-state index in [1.807, 2.05) is 24.3 Å². The third-order valence-electron chi connectivity index (χ3n) is 3.37. The van der Waals surface area contributed by atoms with Crippen LogP contribution >= 0.6 is 15.9 Å². The van der Waals surface area contributed by atoms with Gasteiger partial charge in [0.15, 0.2) is 0 Å². The van der Waals surface area contributed by atoms with Crippen LogP contribution in [0.1, 0.15) is 18.7 Å². The SMILES string of the molecule is OC1(c2nc(-c3ccccc3Br)no2)CCNCC1. The van der Waals surface area contributed by atoms with Crippen LogP contribution in [-0.4, -0.2) is 28.3 Å². The number of aromatic nitrogens is 2. The number of hydrogen-bond acceptors (Lipinski definition) is 5. The summed E-state index contributed by atoms with van der Waals surface area (Å²) in [6.07, 6.45) is 1.18. The van der Waals surface area contributed by atoms with Gasteiger partial charge in [0.25, 0.3) is 5.89 Å². The van der Waals surface area contributed by atoms with E-state index in [1.54, 1.807) is 0 Å². The zero-order valence-electron chi connectivity index (χ0n) is 10.3. The Bertz CT molecular complexity index is 579. The lowest BCUT2D eigenvalue weighted by Gasteiger charge is -2.28. The molecule has 2 aromatic rings. The number of nitrogens with one attached hydrogen (secondary N) is 1. The van der Waals surface area contributed by atoms with Crippen molar-refractivity contribution in [1.29, 1.82) is 0 Å². The highest BCUT2D eigenvalue weighted by Crippen LogP contribution is 2.32. The van der Waals surface area contributed by atoms with Gasteiger partial charge in [0.2, 0.25) is 5.82 Å². The van der Waals surface area contributed by atoms with Crippen LogP contribution in [0.25, 0.3) is 11.4 Å². The maximum atomic E-state index is 10.5. The van der Waals surface area contributed by atoms with Crippen LogP contribution in [0.3, 0.4) is 0 Å². The topological polar surface area (TPSA) is 71.2 Å². The van der Waals surface area contributed by atoms with E-state index in [9.17, 15) is 5.11 Å². The van der Waals surface area contributed by atoms with Gasteiger partial charge in [0, 0.05) is 10.0 Å². The molecule has 0 unspecified atom stereocenters. The molecule has 2 heterocycles. The summed E-state index contributed by atoms with van der Waals surface area (Å²) < 4.78 is 6.16. The molecule has 0 spiro atoms. The van der Waals surface area contributed by atoms with Gasteiger partial charge < -0.3 is 14.9 Å². The largest absolute Gasteiger partial charge is 0.380 e. The maximum Gasteiger partial charge on any atom is 0.259 e. The van der Waals surface area contributed by atoms with Crippen LogP contribution < -0.4 is 5.32 Å². The lowest BCUT2D eigenvalue weighted by molar-refractivity contribution is -0.0228. The molecule has 100 valence electrons. The summed E-state index contributed by atoms with van der Waals surface area (Å²) in [6, 6.07) is 7.67. The average molecular weight is 324 g/mol. The lowest BCUT2D eigenvalue weighted by Crippen LogP contribution is -2.39. The van der Waals surface area contributed by atoms with Crippen molar-refractivity contribution in [3.05, 3.63) is 34.6 Å². The van der Waals surface area contributed by atoms with Gasteiger partial charge in [-0.15, -0.1) is 0 Å². The van der Waals surface area contributed by atoms with Gasteiger partial charge in [-0.3, -0.25) is 0 Å². The highest BCUT2D eigenvalue weighted by molar-refractivity contribution is 9.10. The molecule has 0 aliphatic carbocycles. The standard InChI is InChI=1S/C13H14BrN3O2/c14-10-4-2-1-3-9(10)11-16-12(19-17-11)13(18)5-7-15-8-6-13/h1-4,15,18H,5-8H2. The van der Waals surface area contributed by atoms with E-state index in [1.165, 1.54) is 0 Å². The number of rotatable bonds is 2. The summed E-state index contributed by atoms with van der Waals surface area (Å²) in [5, 5.41) is 17.7. The number of piperidine rings is 1. The molecule has 1 aromatic carbocycles. The summed E-state index contributed by atoms with van der Waals surface area (Å²) in [6.45, 7) is 1.51. The molecule has 2 N–H and O–H groups in total. The molecule has 1 fully saturated rings. The first kappa shape index (κ1) is 12.8. The maximum absolute atomic E-state index is 10.5. The quantitative estimate of drug-likeness (QED) is 0.885. The summed E-state index contributed by atoms with van der Waals surface area (Å²) in [4.78, 5) is 4.35. The van der Waals surface area contributed by atoms with E-state index in [-0.39, 0.29) is 0 Å². The Kier molecular flexibility index (Phi) is 3.38. The van der Waals surface area contributed by atoms with Crippen LogP contribution in [0, 0.1) is 0 Å². The Morgan fingerprint density at radius 2 is 2.00 bits per heavy atom. The zero-order valence-corrected chi connectivity index (χ0v) is 11.9. The Morgan fingerprint density at radius 3 is 2.74 bits per heavy atom. The van der Waals surface area contributed by atoms with Crippen molar-refractivity contribution >= 4 is 15.9 Å². The molecule has 3 rings (SSSR count). The van der Waals surface area contributed by atoms with E-state index in [2.05, 4.69) is 31.4 Å². The molecule has 1 aromatic heterocycles. The van der Waals surface area contributed by atoms with E-state index in [0.29, 0.717) is 24.6 Å². The van der Waals surface area contributed by atoms with Crippen LogP contribution in [0.2, 0.25) is 0 Å². The van der Waals surface area contributed by atoms with Crippen LogP contribution in [0.4, 0.5) is 0 Å². The Balaban J connectivity index is 1.93. The van der Waals surface area contributed by atoms with Gasteiger partial charge in [0.05, 0.1) is 0 Å². The fourth-order valence-corrected chi connectivity index (χ4v) is 2.68. The average Bonchev–Trinajstić information content (AvgIpc) is 2.90. The molecule has 0 radical (unpaired) electrons. The van der Waals surface area contributed by atoms with Crippen LogP contribution in [-0.2, 0) is 5.60 Å². The summed E-state index contributed by atoms with van der Waals surface area (Å²) in [5.74, 6) is 0.800. The second-order valence-corrected chi connectivity index (χ2v) is 5.54. The van der Waals surface area contributed by atoms with Crippen molar-refractivity contribution in [1.82, 2.24) is 15.5 Å². The highest BCUT2D eigenvalue weighted by Gasteiger charge is 2.37. The Hall–Kier alpha value is -1.24. The van der Waals surface area contributed by atoms with Gasteiger partial charge in [-0.2, -0.15) is 4.98 Å². The molecule has 0 saturated carbocycles. The predicted molar refractivity (Wildman–Crippen MR) is 73.4 cm³/mol. The molecule has 0 amide bonds. The number of halogens is 1. The second kappa shape index (κ2) is 5.03. The third kappa shape index (κ3) is 2.43. The molecule has 1 aliphatic rings. The van der Waals surface area contributed by atoms with E-state index in [0.717, 1.165) is 23.1 Å². The van der Waals surface area contributed by atoms with E-state index in [4.69, 9.17) is 4.52 Å². The van der Waals surface area contributed by atoms with Crippen molar-refractivity contribution in [3.8, 4) is 11.4 Å². The fraction of sp³-hybridized carbons (Fsp3) is 0.385. The second-order valence-electron chi connectivity index (χ2n) is 4.68. The van der Waals surface area contributed by atoms with E-state index < -0.39 is 5.60 Å². The Morgan fingerprint density at radius 1 is 1.26 bits per heavy atom. The van der Waals surface area contributed by atoms with Crippen LogP contribution in [0.15, 0.2) is 33.3 Å². The van der Waals surface area contributed by atoms with Crippen molar-refractivity contribution < 1.29 is 9.63 Å². The minimum atomic E-state index is -1.00. The number of aliphatic hydroxyl groups is 1. The summed E-state index contributed by atoms with van der Waals surface area (Å²) >= 11 is 3.46. The number of benzene rings is 1. The smallest absolute Gasteiger partial charge is 0.259 e. The fourth-order valence-electron chi connectivity index (χ4n) is 2.22. The summed E-state index contributed by atoms with van der Waals surface area (Å²) in [5.41, 5.74) is -0.146. The third-order valence-corrected chi connectivity index (χ3v) is 4.06. The summed E-state index contributed by atoms with van der Waals surface area (Å²) in [7, 11) is 0. The minimum Gasteiger partial charge on any atom is -0.380 e. The van der Waals surface area contributed by atoms with Crippen LogP contribution in [0.5, 0.6) is 0 Å². The molecule has 0 atom stereocenters.